The number of halogens is 3. The Balaban J connectivity index is 2.70. The largest absolute Gasteiger partial charge is 0.416 e. The van der Waals surface area contributed by atoms with E-state index in [0.717, 1.165) is 12.1 Å². The molecular formula is C16H21F3N2O3. The van der Waals surface area contributed by atoms with Crippen LogP contribution in [0.25, 0.3) is 0 Å². The molecule has 1 aromatic carbocycles. The first-order valence-electron chi connectivity index (χ1n) is 7.60. The molecule has 0 heterocycles. The maximum Gasteiger partial charge on any atom is 0.416 e. The summed E-state index contributed by atoms with van der Waals surface area (Å²) in [4.78, 5) is 22.9. The predicted molar refractivity (Wildman–Crippen MR) is 81.9 cm³/mol. The topological polar surface area (TPSA) is 78.4 Å². The molecular weight excluding hydrogens is 325 g/mol. The summed E-state index contributed by atoms with van der Waals surface area (Å²) in [5.74, 6) is -0.754. The van der Waals surface area contributed by atoms with Gasteiger partial charge in [-0.1, -0.05) is 26.0 Å². The van der Waals surface area contributed by atoms with Crippen molar-refractivity contribution in [3.05, 3.63) is 35.4 Å². The number of hydrogen-bond donors (Lipinski definition) is 3. The van der Waals surface area contributed by atoms with E-state index in [0.29, 0.717) is 6.42 Å². The minimum absolute atomic E-state index is 0.219. The van der Waals surface area contributed by atoms with E-state index in [2.05, 4.69) is 10.6 Å². The highest BCUT2D eigenvalue weighted by Gasteiger charge is 2.30. The fourth-order valence-electron chi connectivity index (χ4n) is 2.07. The van der Waals surface area contributed by atoms with Crippen molar-refractivity contribution >= 4 is 11.8 Å². The van der Waals surface area contributed by atoms with Gasteiger partial charge in [0.05, 0.1) is 24.3 Å². The zero-order valence-electron chi connectivity index (χ0n) is 13.5. The third-order valence-corrected chi connectivity index (χ3v) is 3.51. The number of carbonyl (C=O) groups excluding carboxylic acids is 2. The van der Waals surface area contributed by atoms with Gasteiger partial charge < -0.3 is 15.7 Å². The van der Waals surface area contributed by atoms with Crippen molar-refractivity contribution in [1.29, 1.82) is 0 Å². The minimum atomic E-state index is -4.45. The Labute approximate surface area is 138 Å². The summed E-state index contributed by atoms with van der Waals surface area (Å²) in [6.45, 7) is 3.15. The minimum Gasteiger partial charge on any atom is -0.386 e. The van der Waals surface area contributed by atoms with Crippen molar-refractivity contribution in [2.75, 3.05) is 6.54 Å². The van der Waals surface area contributed by atoms with Gasteiger partial charge in [0.1, 0.15) is 0 Å². The lowest BCUT2D eigenvalue weighted by Gasteiger charge is -2.23. The number of rotatable bonds is 7. The van der Waals surface area contributed by atoms with E-state index in [4.69, 9.17) is 0 Å². The molecule has 0 aliphatic rings. The van der Waals surface area contributed by atoms with Crippen LogP contribution in [0.5, 0.6) is 0 Å². The molecule has 134 valence electrons. The Morgan fingerprint density at radius 1 is 1.12 bits per heavy atom. The van der Waals surface area contributed by atoms with Crippen LogP contribution in [0.1, 0.15) is 43.9 Å². The molecule has 24 heavy (non-hydrogen) atoms. The van der Waals surface area contributed by atoms with Crippen LogP contribution in [-0.2, 0) is 15.8 Å². The lowest BCUT2D eigenvalue weighted by Crippen LogP contribution is -2.44. The second-order valence-corrected chi connectivity index (χ2v) is 5.28. The highest BCUT2D eigenvalue weighted by molar-refractivity contribution is 5.84. The molecule has 3 N–H and O–H groups in total. The van der Waals surface area contributed by atoms with Crippen molar-refractivity contribution in [2.45, 2.75) is 45.0 Å². The van der Waals surface area contributed by atoms with Crippen LogP contribution < -0.4 is 10.6 Å². The standard InChI is InChI=1S/C16H21F3N2O3/c1-3-12(21-14(23)9-20-13(22)4-2)15(24)10-5-7-11(8-6-10)16(17,18)19/h5-8,12,15,24H,3-4,9H2,1-2H3,(H,20,22)(H,21,23). The van der Waals surface area contributed by atoms with Gasteiger partial charge in [-0.05, 0) is 24.1 Å². The fourth-order valence-corrected chi connectivity index (χ4v) is 2.07. The van der Waals surface area contributed by atoms with Gasteiger partial charge in [-0.3, -0.25) is 9.59 Å². The molecule has 0 saturated carbocycles. The summed E-state index contributed by atoms with van der Waals surface area (Å²) >= 11 is 0. The molecule has 0 fully saturated rings. The molecule has 2 amide bonds. The lowest BCUT2D eigenvalue weighted by atomic mass is 9.99. The van der Waals surface area contributed by atoms with E-state index < -0.39 is 29.8 Å². The van der Waals surface area contributed by atoms with Crippen LogP contribution in [-0.4, -0.2) is 29.5 Å². The van der Waals surface area contributed by atoms with E-state index in [-0.39, 0.29) is 24.4 Å². The molecule has 5 nitrogen and oxygen atoms in total. The normalized spacial score (nSPS) is 13.9. The van der Waals surface area contributed by atoms with E-state index in [1.165, 1.54) is 12.1 Å². The first kappa shape index (κ1) is 20.0. The van der Waals surface area contributed by atoms with Crippen LogP contribution in [0.4, 0.5) is 13.2 Å². The highest BCUT2D eigenvalue weighted by atomic mass is 19.4. The Hall–Kier alpha value is -2.09. The van der Waals surface area contributed by atoms with Crippen LogP contribution in [0.15, 0.2) is 24.3 Å². The number of alkyl halides is 3. The van der Waals surface area contributed by atoms with Crippen LogP contribution in [0.3, 0.4) is 0 Å². The second-order valence-electron chi connectivity index (χ2n) is 5.28. The smallest absolute Gasteiger partial charge is 0.386 e. The van der Waals surface area contributed by atoms with E-state index in [1.807, 2.05) is 0 Å². The molecule has 0 radical (unpaired) electrons. The summed E-state index contributed by atoms with van der Waals surface area (Å²) in [5, 5.41) is 15.2. The van der Waals surface area contributed by atoms with E-state index in [1.54, 1.807) is 13.8 Å². The van der Waals surface area contributed by atoms with E-state index in [9.17, 15) is 27.9 Å². The first-order valence-corrected chi connectivity index (χ1v) is 7.60. The van der Waals surface area contributed by atoms with Gasteiger partial charge in [0.15, 0.2) is 0 Å². The first-order chi connectivity index (χ1) is 11.2. The summed E-state index contributed by atoms with van der Waals surface area (Å²) in [6, 6.07) is 3.46. The summed E-state index contributed by atoms with van der Waals surface area (Å²) < 4.78 is 37.6. The third kappa shape index (κ3) is 5.84. The molecule has 2 atom stereocenters. The molecule has 0 aliphatic carbocycles. The summed E-state index contributed by atoms with van der Waals surface area (Å²) in [5.41, 5.74) is -0.537. The lowest BCUT2D eigenvalue weighted by molar-refractivity contribution is -0.137. The molecule has 2 unspecified atom stereocenters. The number of carbonyl (C=O) groups is 2. The van der Waals surface area contributed by atoms with Gasteiger partial charge in [-0.15, -0.1) is 0 Å². The maximum absolute atomic E-state index is 12.5. The molecule has 1 rings (SSSR count). The molecule has 8 heteroatoms. The number of aliphatic hydroxyl groups is 1. The molecule has 0 spiro atoms. The number of benzene rings is 1. The van der Waals surface area contributed by atoms with Crippen LogP contribution in [0, 0.1) is 0 Å². The Morgan fingerprint density at radius 3 is 2.17 bits per heavy atom. The highest BCUT2D eigenvalue weighted by Crippen LogP contribution is 2.30. The zero-order chi connectivity index (χ0) is 18.3. The number of aliphatic hydroxyl groups excluding tert-OH is 1. The van der Waals surface area contributed by atoms with Gasteiger partial charge in [0, 0.05) is 6.42 Å². The summed E-state index contributed by atoms with van der Waals surface area (Å²) in [7, 11) is 0. The Bertz CT molecular complexity index is 559. The van der Waals surface area contributed by atoms with Crippen molar-refractivity contribution in [3.63, 3.8) is 0 Å². The molecule has 0 saturated heterocycles. The van der Waals surface area contributed by atoms with Gasteiger partial charge in [-0.2, -0.15) is 13.2 Å². The van der Waals surface area contributed by atoms with Crippen LogP contribution >= 0.6 is 0 Å². The number of nitrogens with one attached hydrogen (secondary N) is 2. The quantitative estimate of drug-likeness (QED) is 0.708. The zero-order valence-corrected chi connectivity index (χ0v) is 13.5. The van der Waals surface area contributed by atoms with Gasteiger partial charge >= 0.3 is 6.18 Å². The second kappa shape index (κ2) is 8.68. The Kier molecular flexibility index (Phi) is 7.21. The summed E-state index contributed by atoms with van der Waals surface area (Å²) in [6.07, 6.45) is -4.98. The van der Waals surface area contributed by atoms with Gasteiger partial charge in [0.2, 0.25) is 11.8 Å². The number of hydrogen-bond acceptors (Lipinski definition) is 3. The van der Waals surface area contributed by atoms with Crippen molar-refractivity contribution in [3.8, 4) is 0 Å². The SMILES string of the molecule is CCC(=O)NCC(=O)NC(CC)C(O)c1ccc(C(F)(F)F)cc1. The van der Waals surface area contributed by atoms with Crippen molar-refractivity contribution < 1.29 is 27.9 Å². The number of amides is 2. The van der Waals surface area contributed by atoms with Gasteiger partial charge in [-0.25, -0.2) is 0 Å². The molecule has 0 aliphatic heterocycles. The average Bonchev–Trinajstić information content (AvgIpc) is 2.56. The third-order valence-electron chi connectivity index (χ3n) is 3.51. The molecule has 1 aromatic rings. The average molecular weight is 346 g/mol. The Morgan fingerprint density at radius 2 is 1.71 bits per heavy atom. The molecule has 0 bridgehead atoms. The van der Waals surface area contributed by atoms with E-state index >= 15 is 0 Å². The molecule has 0 aromatic heterocycles. The monoisotopic (exact) mass is 346 g/mol. The van der Waals surface area contributed by atoms with Gasteiger partial charge in [0.25, 0.3) is 0 Å². The van der Waals surface area contributed by atoms with Crippen molar-refractivity contribution in [2.24, 2.45) is 0 Å². The maximum atomic E-state index is 12.5. The van der Waals surface area contributed by atoms with Crippen molar-refractivity contribution in [1.82, 2.24) is 10.6 Å². The predicted octanol–water partition coefficient (Wildman–Crippen LogP) is 2.16. The van der Waals surface area contributed by atoms with Crippen LogP contribution in [0.2, 0.25) is 0 Å². The fraction of sp³-hybridized carbons (Fsp3) is 0.500.